The lowest BCUT2D eigenvalue weighted by atomic mass is 10.1. The van der Waals surface area contributed by atoms with Gasteiger partial charge in [-0.15, -0.1) is 0 Å². The van der Waals surface area contributed by atoms with Crippen molar-refractivity contribution in [2.45, 2.75) is 18.9 Å². The first-order valence-electron chi connectivity index (χ1n) is 8.60. The van der Waals surface area contributed by atoms with Crippen molar-refractivity contribution in [3.63, 3.8) is 0 Å². The molecule has 0 aromatic heterocycles. The molecule has 0 aliphatic carbocycles. The Morgan fingerprint density at radius 1 is 1.15 bits per heavy atom. The molecule has 138 valence electrons. The Balaban J connectivity index is 1.51. The van der Waals surface area contributed by atoms with E-state index in [1.165, 1.54) is 0 Å². The summed E-state index contributed by atoms with van der Waals surface area (Å²) in [7, 11) is 4.00. The van der Waals surface area contributed by atoms with Crippen LogP contribution in [0.5, 0.6) is 11.5 Å². The van der Waals surface area contributed by atoms with E-state index in [2.05, 4.69) is 10.2 Å². The Labute approximate surface area is 158 Å². The predicted molar refractivity (Wildman–Crippen MR) is 102 cm³/mol. The summed E-state index contributed by atoms with van der Waals surface area (Å²) in [6, 6.07) is 13.6. The molecule has 2 aromatic rings. The van der Waals surface area contributed by atoms with Gasteiger partial charge in [-0.3, -0.25) is 4.79 Å². The summed E-state index contributed by atoms with van der Waals surface area (Å²) < 4.78 is 10.7. The number of benzene rings is 2. The average molecular weight is 375 g/mol. The van der Waals surface area contributed by atoms with Crippen LogP contribution in [0.1, 0.15) is 23.6 Å². The number of nitrogens with one attached hydrogen (secondary N) is 1. The van der Waals surface area contributed by atoms with Crippen LogP contribution in [0.2, 0.25) is 5.02 Å². The van der Waals surface area contributed by atoms with Gasteiger partial charge >= 0.3 is 0 Å². The van der Waals surface area contributed by atoms with Crippen LogP contribution in [0.15, 0.2) is 42.5 Å². The van der Waals surface area contributed by atoms with Crippen molar-refractivity contribution in [3.8, 4) is 11.5 Å². The van der Waals surface area contributed by atoms with Gasteiger partial charge in [0.1, 0.15) is 0 Å². The summed E-state index contributed by atoms with van der Waals surface area (Å²) in [6.45, 7) is 0.810. The highest BCUT2D eigenvalue weighted by atomic mass is 35.5. The van der Waals surface area contributed by atoms with E-state index in [1.807, 2.05) is 56.6 Å². The minimum atomic E-state index is 0.0310. The second-order valence-corrected chi connectivity index (χ2v) is 6.96. The van der Waals surface area contributed by atoms with Gasteiger partial charge in [-0.1, -0.05) is 29.8 Å². The summed E-state index contributed by atoms with van der Waals surface area (Å²) in [4.78, 5) is 14.3. The molecule has 0 fully saturated rings. The van der Waals surface area contributed by atoms with Crippen molar-refractivity contribution >= 4 is 17.5 Å². The van der Waals surface area contributed by atoms with E-state index in [0.717, 1.165) is 22.6 Å². The number of ether oxygens (including phenoxy) is 2. The first kappa shape index (κ1) is 18.5. The van der Waals surface area contributed by atoms with Crippen LogP contribution in [-0.4, -0.2) is 38.2 Å². The number of rotatable bonds is 7. The maximum atomic E-state index is 12.3. The van der Waals surface area contributed by atoms with Gasteiger partial charge in [-0.05, 0) is 55.9 Å². The summed E-state index contributed by atoms with van der Waals surface area (Å²) in [6.07, 6.45) is 1.09. The Hall–Kier alpha value is -2.24. The highest BCUT2D eigenvalue weighted by Gasteiger charge is 2.16. The molecule has 5 nitrogen and oxygen atoms in total. The molecule has 0 bridgehead atoms. The van der Waals surface area contributed by atoms with Crippen LogP contribution >= 0.6 is 11.6 Å². The summed E-state index contributed by atoms with van der Waals surface area (Å²) in [5, 5.41) is 3.74. The zero-order valence-electron chi connectivity index (χ0n) is 15.0. The number of likely N-dealkylation sites (N-methyl/N-ethyl adjacent to an activating group) is 1. The molecule has 0 spiro atoms. The maximum Gasteiger partial charge on any atom is 0.231 e. The number of carbonyl (C=O) groups is 1. The third-order valence-electron chi connectivity index (χ3n) is 4.45. The highest BCUT2D eigenvalue weighted by Crippen LogP contribution is 2.32. The van der Waals surface area contributed by atoms with E-state index in [9.17, 15) is 4.79 Å². The van der Waals surface area contributed by atoms with E-state index >= 15 is 0 Å². The topological polar surface area (TPSA) is 50.8 Å². The Bertz CT molecular complexity index is 762. The van der Waals surface area contributed by atoms with Gasteiger partial charge in [0, 0.05) is 18.0 Å². The largest absolute Gasteiger partial charge is 0.454 e. The minimum absolute atomic E-state index is 0.0310. The number of hydrogen-bond acceptors (Lipinski definition) is 4. The summed E-state index contributed by atoms with van der Waals surface area (Å²) >= 11 is 5.96. The molecule has 1 aliphatic heterocycles. The van der Waals surface area contributed by atoms with Gasteiger partial charge in [0.15, 0.2) is 11.5 Å². The van der Waals surface area contributed by atoms with Gasteiger partial charge < -0.3 is 19.7 Å². The fourth-order valence-electron chi connectivity index (χ4n) is 2.94. The van der Waals surface area contributed by atoms with Crippen molar-refractivity contribution in [2.24, 2.45) is 0 Å². The molecular formula is C20H23ClN2O3. The third kappa shape index (κ3) is 4.68. The molecule has 3 rings (SSSR count). The molecule has 2 aromatic carbocycles. The number of aryl methyl sites for hydroxylation is 1. The molecule has 0 radical (unpaired) electrons. The van der Waals surface area contributed by atoms with Crippen LogP contribution in [0.25, 0.3) is 0 Å². The Morgan fingerprint density at radius 3 is 2.62 bits per heavy atom. The van der Waals surface area contributed by atoms with E-state index in [1.54, 1.807) is 0 Å². The monoisotopic (exact) mass is 374 g/mol. The lowest BCUT2D eigenvalue weighted by Crippen LogP contribution is -2.34. The summed E-state index contributed by atoms with van der Waals surface area (Å²) in [5.41, 5.74) is 2.18. The molecule has 1 aliphatic rings. The molecule has 1 N–H and O–H groups in total. The van der Waals surface area contributed by atoms with Crippen LogP contribution in [0.3, 0.4) is 0 Å². The van der Waals surface area contributed by atoms with Crippen molar-refractivity contribution in [3.05, 3.63) is 58.6 Å². The Morgan fingerprint density at radius 2 is 1.88 bits per heavy atom. The van der Waals surface area contributed by atoms with E-state index in [-0.39, 0.29) is 18.7 Å². The molecule has 1 unspecified atom stereocenters. The molecule has 26 heavy (non-hydrogen) atoms. The van der Waals surface area contributed by atoms with Gasteiger partial charge in [0.25, 0.3) is 0 Å². The van der Waals surface area contributed by atoms with Gasteiger partial charge in [-0.25, -0.2) is 0 Å². The molecule has 1 atom stereocenters. The maximum absolute atomic E-state index is 12.3. The SMILES string of the molecule is CN(C)C(CNC(=O)CCc1ccc2c(c1)OCO2)c1ccc(Cl)cc1. The fraction of sp³-hybridized carbons (Fsp3) is 0.350. The first-order valence-corrected chi connectivity index (χ1v) is 8.98. The molecule has 1 amide bonds. The van der Waals surface area contributed by atoms with Crippen LogP contribution in [-0.2, 0) is 11.2 Å². The number of nitrogens with zero attached hydrogens (tertiary/aromatic N) is 1. The van der Waals surface area contributed by atoms with E-state index < -0.39 is 0 Å². The van der Waals surface area contributed by atoms with Crippen molar-refractivity contribution in [2.75, 3.05) is 27.4 Å². The average Bonchev–Trinajstić information content (AvgIpc) is 3.09. The summed E-state index contributed by atoms with van der Waals surface area (Å²) in [5.74, 6) is 1.54. The zero-order chi connectivity index (χ0) is 18.5. The normalized spacial score (nSPS) is 13.7. The van der Waals surface area contributed by atoms with Gasteiger partial charge in [0.05, 0.1) is 6.04 Å². The van der Waals surface area contributed by atoms with Crippen LogP contribution in [0, 0.1) is 0 Å². The van der Waals surface area contributed by atoms with E-state index in [0.29, 0.717) is 24.4 Å². The lowest BCUT2D eigenvalue weighted by molar-refractivity contribution is -0.121. The quantitative estimate of drug-likeness (QED) is 0.806. The predicted octanol–water partition coefficient (Wildman–Crippen LogP) is 3.42. The minimum Gasteiger partial charge on any atom is -0.454 e. The number of fused-ring (bicyclic) bond motifs is 1. The number of amides is 1. The third-order valence-corrected chi connectivity index (χ3v) is 4.70. The molecular weight excluding hydrogens is 352 g/mol. The second-order valence-electron chi connectivity index (χ2n) is 6.52. The lowest BCUT2D eigenvalue weighted by Gasteiger charge is -2.25. The fourth-order valence-corrected chi connectivity index (χ4v) is 3.06. The zero-order valence-corrected chi connectivity index (χ0v) is 15.8. The number of halogens is 1. The standard InChI is InChI=1S/C20H23ClN2O3/c1-23(2)17(15-5-7-16(21)8-6-15)12-22-20(24)10-4-14-3-9-18-19(11-14)26-13-25-18/h3,5-9,11,17H,4,10,12-13H2,1-2H3,(H,22,24). The van der Waals surface area contributed by atoms with Crippen LogP contribution < -0.4 is 14.8 Å². The van der Waals surface area contributed by atoms with Crippen LogP contribution in [0.4, 0.5) is 0 Å². The van der Waals surface area contributed by atoms with Gasteiger partial charge in [-0.2, -0.15) is 0 Å². The molecule has 0 saturated carbocycles. The smallest absolute Gasteiger partial charge is 0.231 e. The highest BCUT2D eigenvalue weighted by molar-refractivity contribution is 6.30. The van der Waals surface area contributed by atoms with Crippen molar-refractivity contribution < 1.29 is 14.3 Å². The first-order chi connectivity index (χ1) is 12.5. The second kappa shape index (κ2) is 8.43. The number of carbonyl (C=O) groups excluding carboxylic acids is 1. The van der Waals surface area contributed by atoms with Gasteiger partial charge in [0.2, 0.25) is 12.7 Å². The van der Waals surface area contributed by atoms with Crippen molar-refractivity contribution in [1.29, 1.82) is 0 Å². The van der Waals surface area contributed by atoms with E-state index in [4.69, 9.17) is 21.1 Å². The molecule has 6 heteroatoms. The molecule has 0 saturated heterocycles. The van der Waals surface area contributed by atoms with Crippen molar-refractivity contribution in [1.82, 2.24) is 10.2 Å². The molecule has 1 heterocycles. The Kier molecular flexibility index (Phi) is 6.01. The number of hydrogen-bond donors (Lipinski definition) is 1.